The van der Waals surface area contributed by atoms with Gasteiger partial charge in [0.25, 0.3) is 5.56 Å². The molecule has 1 aliphatic heterocycles. The first-order valence-corrected chi connectivity index (χ1v) is 7.63. The predicted molar refractivity (Wildman–Crippen MR) is 82.0 cm³/mol. The van der Waals surface area contributed by atoms with Gasteiger partial charge in [0.05, 0.1) is 13.1 Å². The Morgan fingerprint density at radius 3 is 2.33 bits per heavy atom. The highest BCUT2D eigenvalue weighted by Crippen LogP contribution is 2.30. The van der Waals surface area contributed by atoms with E-state index in [1.807, 2.05) is 0 Å². The maximum Gasteiger partial charge on any atom is 0.410 e. The molecule has 0 radical (unpaired) electrons. The normalized spacial score (nSPS) is 14.8. The van der Waals surface area contributed by atoms with E-state index < -0.39 is 30.0 Å². The number of hydrogen-bond donors (Lipinski definition) is 0. The summed E-state index contributed by atoms with van der Waals surface area (Å²) >= 11 is 5.89. The van der Waals surface area contributed by atoms with Crippen LogP contribution in [0.15, 0.2) is 4.79 Å². The van der Waals surface area contributed by atoms with Gasteiger partial charge in [-0.25, -0.2) is 4.79 Å². The monoisotopic (exact) mass is 366 g/mol. The molecule has 9 heteroatoms. The lowest BCUT2D eigenvalue weighted by molar-refractivity contribution is -0.141. The van der Waals surface area contributed by atoms with Crippen LogP contribution in [0.5, 0.6) is 0 Å². The van der Waals surface area contributed by atoms with Gasteiger partial charge in [-0.2, -0.15) is 13.2 Å². The van der Waals surface area contributed by atoms with Crippen molar-refractivity contribution in [2.45, 2.75) is 59.1 Å². The number of carbonyl (C=O) groups excluding carboxylic acids is 1. The molecule has 2 rings (SSSR count). The number of alkyl halides is 3. The predicted octanol–water partition coefficient (Wildman–Crippen LogP) is 3.62. The summed E-state index contributed by atoms with van der Waals surface area (Å²) in [7, 11) is 0. The van der Waals surface area contributed by atoms with Crippen molar-refractivity contribution in [3.8, 4) is 0 Å². The van der Waals surface area contributed by atoms with Gasteiger partial charge in [-0.15, -0.1) is 0 Å². The van der Waals surface area contributed by atoms with Crippen LogP contribution < -0.4 is 5.56 Å². The van der Waals surface area contributed by atoms with E-state index in [4.69, 9.17) is 16.3 Å². The van der Waals surface area contributed by atoms with Crippen molar-refractivity contribution in [1.82, 2.24) is 9.47 Å². The van der Waals surface area contributed by atoms with Gasteiger partial charge in [0.1, 0.15) is 17.2 Å². The molecule has 0 spiro atoms. The second-order valence-corrected chi connectivity index (χ2v) is 7.09. The third kappa shape index (κ3) is 3.85. The van der Waals surface area contributed by atoms with Crippen molar-refractivity contribution < 1.29 is 22.7 Å². The summed E-state index contributed by atoms with van der Waals surface area (Å²) in [4.78, 5) is 25.6. The number of carbonyl (C=O) groups is 1. The summed E-state index contributed by atoms with van der Waals surface area (Å²) < 4.78 is 44.2. The van der Waals surface area contributed by atoms with E-state index in [-0.39, 0.29) is 23.8 Å². The summed E-state index contributed by atoms with van der Waals surface area (Å²) in [5, 5.41) is -0.260. The fourth-order valence-electron chi connectivity index (χ4n) is 2.53. The van der Waals surface area contributed by atoms with Crippen LogP contribution in [-0.4, -0.2) is 27.3 Å². The first-order valence-electron chi connectivity index (χ1n) is 7.25. The molecule has 0 fully saturated rings. The molecule has 0 aromatic carbocycles. The lowest BCUT2D eigenvalue weighted by atomic mass is 10.1. The third-order valence-corrected chi connectivity index (χ3v) is 4.01. The second kappa shape index (κ2) is 5.98. The zero-order valence-electron chi connectivity index (χ0n) is 13.8. The molecule has 1 aromatic rings. The molecule has 0 saturated carbocycles. The summed E-state index contributed by atoms with van der Waals surface area (Å²) in [5.41, 5.74) is -0.651. The van der Waals surface area contributed by atoms with Gasteiger partial charge in [0, 0.05) is 5.69 Å². The highest BCUT2D eigenvalue weighted by atomic mass is 35.5. The average Bonchev–Trinajstić information content (AvgIpc) is 2.83. The molecule has 0 N–H and O–H groups in total. The fraction of sp³-hybridized carbons (Fsp3) is 0.600. The minimum atomic E-state index is -4.57. The lowest BCUT2D eigenvalue weighted by Gasteiger charge is -2.24. The van der Waals surface area contributed by atoms with E-state index in [1.54, 1.807) is 27.7 Å². The Balaban J connectivity index is 2.43. The zero-order chi connectivity index (χ0) is 18.4. The minimum absolute atomic E-state index is 0.0495. The van der Waals surface area contributed by atoms with Crippen LogP contribution in [0.2, 0.25) is 5.02 Å². The molecule has 1 amide bonds. The van der Waals surface area contributed by atoms with E-state index >= 15 is 0 Å². The number of nitrogens with zero attached hydrogens (tertiary/aromatic N) is 2. The maximum atomic E-state index is 12.8. The topological polar surface area (TPSA) is 51.5 Å². The molecular weight excluding hydrogens is 349 g/mol. The van der Waals surface area contributed by atoms with Crippen molar-refractivity contribution in [2.24, 2.45) is 0 Å². The van der Waals surface area contributed by atoms with Crippen molar-refractivity contribution in [3.05, 3.63) is 32.2 Å². The number of hydrogen-bond acceptors (Lipinski definition) is 3. The van der Waals surface area contributed by atoms with Crippen molar-refractivity contribution in [3.63, 3.8) is 0 Å². The maximum absolute atomic E-state index is 12.8. The van der Waals surface area contributed by atoms with Crippen LogP contribution in [0.4, 0.5) is 18.0 Å². The standard InChI is InChI=1S/C15H18ClF3N2O3/c1-8-9-5-20(13(23)24-14(2,3)4)6-10(9)21(7-15(17,18)19)12(22)11(8)16/h5-7H2,1-4H3. The zero-order valence-corrected chi connectivity index (χ0v) is 14.5. The highest BCUT2D eigenvalue weighted by Gasteiger charge is 2.36. The highest BCUT2D eigenvalue weighted by molar-refractivity contribution is 6.31. The molecule has 0 saturated heterocycles. The Labute approximate surface area is 142 Å². The number of fused-ring (bicyclic) bond motifs is 1. The molecule has 5 nitrogen and oxygen atoms in total. The first kappa shape index (κ1) is 18.6. The molecular formula is C15H18ClF3N2O3. The first-order chi connectivity index (χ1) is 10.8. The molecule has 0 atom stereocenters. The number of halogens is 4. The summed E-state index contributed by atoms with van der Waals surface area (Å²) in [6.07, 6.45) is -5.23. The van der Waals surface area contributed by atoms with Gasteiger partial charge in [0.15, 0.2) is 0 Å². The van der Waals surface area contributed by atoms with Gasteiger partial charge in [-0.3, -0.25) is 9.69 Å². The van der Waals surface area contributed by atoms with Gasteiger partial charge in [0.2, 0.25) is 0 Å². The second-order valence-electron chi connectivity index (χ2n) is 6.71. The number of aromatic nitrogens is 1. The SMILES string of the molecule is Cc1c2c(n(CC(F)(F)F)c(=O)c1Cl)CN(C(=O)OC(C)(C)C)C2. The Bertz CT molecular complexity index is 735. The van der Waals surface area contributed by atoms with Gasteiger partial charge >= 0.3 is 12.3 Å². The molecule has 1 aliphatic rings. The van der Waals surface area contributed by atoms with E-state index in [1.165, 1.54) is 4.90 Å². The van der Waals surface area contributed by atoms with E-state index in [0.717, 1.165) is 0 Å². The summed E-state index contributed by atoms with van der Waals surface area (Å²) in [6.45, 7) is 5.10. The quantitative estimate of drug-likeness (QED) is 0.762. The van der Waals surface area contributed by atoms with Crippen LogP contribution in [-0.2, 0) is 24.4 Å². The van der Waals surface area contributed by atoms with Crippen LogP contribution in [0.25, 0.3) is 0 Å². The molecule has 0 bridgehead atoms. The van der Waals surface area contributed by atoms with Crippen LogP contribution in [0.1, 0.15) is 37.6 Å². The van der Waals surface area contributed by atoms with Gasteiger partial charge < -0.3 is 9.30 Å². The number of ether oxygens (including phenoxy) is 1. The molecule has 0 unspecified atom stereocenters. The lowest BCUT2D eigenvalue weighted by Crippen LogP contribution is -2.34. The Morgan fingerprint density at radius 1 is 1.25 bits per heavy atom. The van der Waals surface area contributed by atoms with Gasteiger partial charge in [-0.1, -0.05) is 11.6 Å². The number of amides is 1. The van der Waals surface area contributed by atoms with E-state index in [9.17, 15) is 22.8 Å². The third-order valence-electron chi connectivity index (χ3n) is 3.57. The van der Waals surface area contributed by atoms with E-state index in [2.05, 4.69) is 0 Å². The number of rotatable bonds is 1. The molecule has 2 heterocycles. The van der Waals surface area contributed by atoms with Gasteiger partial charge in [-0.05, 0) is 38.8 Å². The largest absolute Gasteiger partial charge is 0.444 e. The number of pyridine rings is 1. The molecule has 24 heavy (non-hydrogen) atoms. The van der Waals surface area contributed by atoms with Crippen LogP contribution >= 0.6 is 11.6 Å². The average molecular weight is 367 g/mol. The summed E-state index contributed by atoms with van der Waals surface area (Å²) in [5.74, 6) is 0. The fourth-order valence-corrected chi connectivity index (χ4v) is 2.75. The van der Waals surface area contributed by atoms with E-state index in [0.29, 0.717) is 15.7 Å². The molecule has 0 aliphatic carbocycles. The Morgan fingerprint density at radius 2 is 1.83 bits per heavy atom. The van der Waals surface area contributed by atoms with Crippen LogP contribution in [0, 0.1) is 6.92 Å². The summed E-state index contributed by atoms with van der Waals surface area (Å²) in [6, 6.07) is 0. The smallest absolute Gasteiger partial charge is 0.410 e. The molecule has 134 valence electrons. The van der Waals surface area contributed by atoms with Crippen LogP contribution in [0.3, 0.4) is 0 Å². The minimum Gasteiger partial charge on any atom is -0.444 e. The van der Waals surface area contributed by atoms with Crippen molar-refractivity contribution >= 4 is 17.7 Å². The Hall–Kier alpha value is -1.70. The van der Waals surface area contributed by atoms with Crippen molar-refractivity contribution in [2.75, 3.05) is 0 Å². The van der Waals surface area contributed by atoms with Crippen molar-refractivity contribution in [1.29, 1.82) is 0 Å². The Kier molecular flexibility index (Phi) is 4.65. The molecule has 1 aromatic heterocycles.